The predicted molar refractivity (Wildman–Crippen MR) is 148 cm³/mol. The summed E-state index contributed by atoms with van der Waals surface area (Å²) in [5.41, 5.74) is 0. The number of terminal acetylenes is 2. The van der Waals surface area contributed by atoms with Gasteiger partial charge >= 0.3 is 0 Å². The Hall–Kier alpha value is -2.83. The van der Waals surface area contributed by atoms with Crippen molar-refractivity contribution in [3.63, 3.8) is 0 Å². The second-order valence-electron chi connectivity index (χ2n) is 7.65. The first kappa shape index (κ1) is 39.4. The van der Waals surface area contributed by atoms with Crippen molar-refractivity contribution < 1.29 is 19.5 Å². The van der Waals surface area contributed by atoms with Crippen LogP contribution in [0, 0.1) is 31.6 Å². The maximum atomic E-state index is 12.6. The summed E-state index contributed by atoms with van der Waals surface area (Å²) in [7, 11) is 0. The van der Waals surface area contributed by atoms with Gasteiger partial charge in [0.2, 0.25) is 11.8 Å². The summed E-state index contributed by atoms with van der Waals surface area (Å²) >= 11 is 0. The third-order valence-electron chi connectivity index (χ3n) is 4.76. The zero-order chi connectivity index (χ0) is 28.2. The molecule has 2 aliphatic rings. The van der Waals surface area contributed by atoms with Gasteiger partial charge in [-0.15, -0.1) is 38.9 Å². The van der Waals surface area contributed by atoms with E-state index < -0.39 is 12.1 Å². The lowest BCUT2D eigenvalue weighted by molar-refractivity contribution is -0.141. The van der Waals surface area contributed by atoms with Crippen molar-refractivity contribution in [1.29, 1.82) is 0 Å². The number of aliphatic hydroxyl groups excluding tert-OH is 1. The molecule has 2 rings (SSSR count). The zero-order valence-corrected chi connectivity index (χ0v) is 22.7. The quantitative estimate of drug-likeness (QED) is 0.208. The lowest BCUT2D eigenvalue weighted by Crippen LogP contribution is -2.48. The molecule has 2 fully saturated rings. The van der Waals surface area contributed by atoms with Crippen molar-refractivity contribution in [2.24, 2.45) is 5.92 Å². The Morgan fingerprint density at radius 3 is 2.00 bits per heavy atom. The summed E-state index contributed by atoms with van der Waals surface area (Å²) < 4.78 is 0. The van der Waals surface area contributed by atoms with Crippen LogP contribution in [0.15, 0.2) is 25.3 Å². The van der Waals surface area contributed by atoms with Gasteiger partial charge in [-0.05, 0) is 46.0 Å². The topological polar surface area (TPSA) is 86.7 Å². The maximum absolute atomic E-state index is 12.6. The molecule has 1 aliphatic carbocycles. The maximum Gasteiger partial charge on any atom is 0.243 e. The Balaban J connectivity index is -0.000000343. The molecule has 0 spiro atoms. The highest BCUT2D eigenvalue weighted by Crippen LogP contribution is 2.25. The van der Waals surface area contributed by atoms with Crippen LogP contribution in [0.5, 0.6) is 0 Å². The number of allylic oxidation sites excluding steroid dienone is 2. The van der Waals surface area contributed by atoms with Crippen LogP contribution < -0.4 is 5.32 Å². The van der Waals surface area contributed by atoms with E-state index in [1.54, 1.807) is 11.0 Å². The Labute approximate surface area is 215 Å². The number of β-amino-alcohol motifs (C(OH)–C–C–N with tert-alkyl or cyclic N) is 1. The number of rotatable bonds is 9. The van der Waals surface area contributed by atoms with Gasteiger partial charge in [-0.3, -0.25) is 9.59 Å². The molecule has 1 saturated heterocycles. The molecule has 2 amide bonds. The predicted octanol–water partition coefficient (Wildman–Crippen LogP) is 4.92. The van der Waals surface area contributed by atoms with E-state index in [9.17, 15) is 14.7 Å². The van der Waals surface area contributed by atoms with Crippen molar-refractivity contribution in [2.45, 2.75) is 104 Å². The van der Waals surface area contributed by atoms with E-state index in [0.717, 1.165) is 51.2 Å². The summed E-state index contributed by atoms with van der Waals surface area (Å²) in [5, 5.41) is 12.8. The molecule has 1 heterocycles. The number of hydrogen-bond acceptors (Lipinski definition) is 4. The van der Waals surface area contributed by atoms with Crippen LogP contribution in [0.25, 0.3) is 0 Å². The number of carbonyl (C=O) groups is 3. The molecule has 0 aromatic rings. The largest absolute Gasteiger partial charge is 0.391 e. The van der Waals surface area contributed by atoms with E-state index in [2.05, 4.69) is 44.2 Å². The van der Waals surface area contributed by atoms with Gasteiger partial charge in [0.05, 0.1) is 6.10 Å². The minimum absolute atomic E-state index is 0.00113. The highest BCUT2D eigenvalue weighted by Gasteiger charge is 2.41. The van der Waals surface area contributed by atoms with Gasteiger partial charge in [-0.1, -0.05) is 45.8 Å². The summed E-state index contributed by atoms with van der Waals surface area (Å²) in [6, 6.07) is -0.221. The van der Waals surface area contributed by atoms with Crippen LogP contribution in [-0.2, 0) is 14.4 Å². The first-order valence-electron chi connectivity index (χ1n) is 12.4. The molecular formula is C29H50N2O4. The Kier molecular flexibility index (Phi) is 32.9. The fourth-order valence-electron chi connectivity index (χ4n) is 3.15. The molecule has 0 bridgehead atoms. The zero-order valence-electron chi connectivity index (χ0n) is 22.7. The van der Waals surface area contributed by atoms with E-state index in [-0.39, 0.29) is 30.3 Å². The third kappa shape index (κ3) is 21.4. The molecule has 0 unspecified atom stereocenters. The average Bonchev–Trinajstić information content (AvgIpc) is 3.60. The van der Waals surface area contributed by atoms with E-state index in [1.165, 1.54) is 6.92 Å². The molecule has 0 aromatic heterocycles. The highest BCUT2D eigenvalue weighted by molar-refractivity contribution is 5.89. The van der Waals surface area contributed by atoms with Gasteiger partial charge in [-0.25, -0.2) is 0 Å². The molecule has 6 heteroatoms. The van der Waals surface area contributed by atoms with Crippen LogP contribution in [-0.4, -0.2) is 52.8 Å². The van der Waals surface area contributed by atoms with Crippen molar-refractivity contribution in [2.75, 3.05) is 6.54 Å². The summed E-state index contributed by atoms with van der Waals surface area (Å²) in [6.07, 6.45) is 27.3. The first-order valence-corrected chi connectivity index (χ1v) is 12.4. The van der Waals surface area contributed by atoms with E-state index >= 15 is 0 Å². The van der Waals surface area contributed by atoms with Gasteiger partial charge in [-0.2, -0.15) is 0 Å². The number of nitrogens with one attached hydrogen (secondary N) is 1. The molecule has 1 aliphatic heterocycles. The Bertz CT molecular complexity index is 582. The number of nitrogens with zero attached hydrogens (tertiary/aromatic N) is 1. The summed E-state index contributed by atoms with van der Waals surface area (Å²) in [5.74, 6) is -0.197. The molecular weight excluding hydrogens is 440 g/mol. The smallest absolute Gasteiger partial charge is 0.243 e. The van der Waals surface area contributed by atoms with Crippen LogP contribution in [0.3, 0.4) is 0 Å². The molecule has 0 aromatic carbocycles. The lowest BCUT2D eigenvalue weighted by Gasteiger charge is -2.26. The van der Waals surface area contributed by atoms with E-state index in [0.29, 0.717) is 6.42 Å². The van der Waals surface area contributed by atoms with Gasteiger partial charge in [0.15, 0.2) is 0 Å². The standard InChI is InChI=1S/C18H30N2O3.C3H6.C2H4O.C2H6.2C2H2/c1-3-4-5-6-7-8-13(2)18(23)20-12-15(21)11-16(20)17(22)19-14-9-10-14;1-3-2;1-2-3;3*1-2/h3,13-16,21H,1,4-12H2,2H3,(H,19,22);3H,1H2,2H3;2H,1H3;1-2H3;2*1-2H/t13-,15-,16-;;;;;/m0...../s1. The summed E-state index contributed by atoms with van der Waals surface area (Å²) in [6.45, 7) is 16.6. The lowest BCUT2D eigenvalue weighted by atomic mass is 10.0. The van der Waals surface area contributed by atoms with Crippen molar-refractivity contribution in [1.82, 2.24) is 10.2 Å². The van der Waals surface area contributed by atoms with Gasteiger partial charge < -0.3 is 20.1 Å². The van der Waals surface area contributed by atoms with Crippen molar-refractivity contribution in [3.8, 4) is 25.7 Å². The fraction of sp³-hybridized carbons (Fsp3) is 0.621. The SMILES string of the molecule is C#C.C#C.C=CC.C=CCCCCC[C@H](C)C(=O)N1C[C@@H](O)C[C@H]1C(=O)NC1CC1.CC.CC=O. The number of unbranched alkanes of at least 4 members (excludes halogenated alkanes) is 3. The molecule has 3 atom stereocenters. The normalized spacial score (nSPS) is 17.6. The second kappa shape index (κ2) is 29.2. The van der Waals surface area contributed by atoms with Crippen LogP contribution >= 0.6 is 0 Å². The van der Waals surface area contributed by atoms with Gasteiger partial charge in [0.25, 0.3) is 0 Å². The average molecular weight is 491 g/mol. The number of amides is 2. The fourth-order valence-corrected chi connectivity index (χ4v) is 3.15. The molecule has 35 heavy (non-hydrogen) atoms. The number of aldehydes is 1. The minimum atomic E-state index is -0.589. The Morgan fingerprint density at radius 2 is 1.57 bits per heavy atom. The molecule has 2 N–H and O–H groups in total. The molecule has 6 nitrogen and oxygen atoms in total. The number of aliphatic hydroxyl groups is 1. The summed E-state index contributed by atoms with van der Waals surface area (Å²) in [4.78, 5) is 35.3. The second-order valence-corrected chi connectivity index (χ2v) is 7.65. The van der Waals surface area contributed by atoms with Crippen molar-refractivity contribution in [3.05, 3.63) is 25.3 Å². The molecule has 1 saturated carbocycles. The molecule has 200 valence electrons. The number of likely N-dealkylation sites (tertiary alicyclic amines) is 1. The number of hydrogen-bond donors (Lipinski definition) is 2. The van der Waals surface area contributed by atoms with E-state index in [1.807, 2.05) is 33.8 Å². The first-order chi connectivity index (χ1) is 16.9. The third-order valence-corrected chi connectivity index (χ3v) is 4.76. The van der Waals surface area contributed by atoms with Crippen LogP contribution in [0.4, 0.5) is 0 Å². The monoisotopic (exact) mass is 490 g/mol. The Morgan fingerprint density at radius 1 is 1.09 bits per heavy atom. The van der Waals surface area contributed by atoms with Crippen LogP contribution in [0.2, 0.25) is 0 Å². The number of carbonyl (C=O) groups excluding carboxylic acids is 3. The minimum Gasteiger partial charge on any atom is -0.391 e. The van der Waals surface area contributed by atoms with Crippen LogP contribution in [0.1, 0.15) is 86.0 Å². The van der Waals surface area contributed by atoms with Gasteiger partial charge in [0.1, 0.15) is 12.3 Å². The van der Waals surface area contributed by atoms with Crippen molar-refractivity contribution >= 4 is 18.1 Å². The molecule has 0 radical (unpaired) electrons. The highest BCUT2D eigenvalue weighted by atomic mass is 16.3. The van der Waals surface area contributed by atoms with Gasteiger partial charge in [0, 0.05) is 24.9 Å². The van der Waals surface area contributed by atoms with E-state index in [4.69, 9.17) is 4.79 Å².